The maximum absolute atomic E-state index is 14.0. The Kier molecular flexibility index (Phi) is 3.97. The summed E-state index contributed by atoms with van der Waals surface area (Å²) < 4.78 is 57.2. The zero-order chi connectivity index (χ0) is 18.4. The predicted molar refractivity (Wildman–Crippen MR) is 82.2 cm³/mol. The highest BCUT2D eigenvalue weighted by atomic mass is 32.2. The molecule has 130 valence electrons. The van der Waals surface area contributed by atoms with Crippen LogP contribution in [0.3, 0.4) is 0 Å². The third-order valence-corrected chi connectivity index (χ3v) is 4.98. The standard InChI is InChI=1S/C16H12F2N2O4S/c1-25(22,23)13-3-2-12(11-5-16(17,18)15(21)14(11)13)24-10-4-9(6-19)7-20-8-10/h2-4,7-8,15,21H,5H2,1H3. The largest absolute Gasteiger partial charge is 0.455 e. The van der Waals surface area contributed by atoms with Gasteiger partial charge < -0.3 is 9.84 Å². The Morgan fingerprint density at radius 3 is 2.76 bits per heavy atom. The lowest BCUT2D eigenvalue weighted by Crippen LogP contribution is -2.22. The van der Waals surface area contributed by atoms with Crippen molar-refractivity contribution in [3.05, 3.63) is 47.3 Å². The molecule has 0 saturated heterocycles. The second kappa shape index (κ2) is 5.75. The summed E-state index contributed by atoms with van der Waals surface area (Å²) in [5.41, 5.74) is -0.218. The number of aromatic nitrogens is 1. The second-order valence-corrected chi connectivity index (χ2v) is 7.67. The van der Waals surface area contributed by atoms with Gasteiger partial charge in [0.2, 0.25) is 0 Å². The second-order valence-electron chi connectivity index (χ2n) is 5.69. The minimum Gasteiger partial charge on any atom is -0.455 e. The first-order valence-corrected chi connectivity index (χ1v) is 8.97. The number of hydrogen-bond donors (Lipinski definition) is 1. The molecule has 1 N–H and O–H groups in total. The zero-order valence-corrected chi connectivity index (χ0v) is 13.7. The van der Waals surface area contributed by atoms with E-state index in [1.165, 1.54) is 24.5 Å². The summed E-state index contributed by atoms with van der Waals surface area (Å²) in [7, 11) is -3.82. The molecule has 0 spiro atoms. The molecule has 3 rings (SSSR count). The number of ether oxygens (including phenoxy) is 1. The van der Waals surface area contributed by atoms with Crippen molar-refractivity contribution in [3.63, 3.8) is 0 Å². The summed E-state index contributed by atoms with van der Waals surface area (Å²) in [6.45, 7) is 0. The summed E-state index contributed by atoms with van der Waals surface area (Å²) in [4.78, 5) is 3.45. The van der Waals surface area contributed by atoms with E-state index in [-0.39, 0.29) is 33.1 Å². The molecule has 6 nitrogen and oxygen atoms in total. The fraction of sp³-hybridized carbons (Fsp3) is 0.250. The highest BCUT2D eigenvalue weighted by Crippen LogP contribution is 2.49. The van der Waals surface area contributed by atoms with E-state index in [2.05, 4.69) is 4.98 Å². The van der Waals surface area contributed by atoms with Gasteiger partial charge in [-0.2, -0.15) is 5.26 Å². The first-order chi connectivity index (χ1) is 11.6. The van der Waals surface area contributed by atoms with Crippen molar-refractivity contribution < 1.29 is 27.0 Å². The molecular formula is C16H12F2N2O4S. The van der Waals surface area contributed by atoms with Crippen LogP contribution in [0.25, 0.3) is 0 Å². The van der Waals surface area contributed by atoms with E-state index in [1.54, 1.807) is 0 Å². The quantitative estimate of drug-likeness (QED) is 0.895. The molecule has 0 fully saturated rings. The van der Waals surface area contributed by atoms with Crippen LogP contribution in [0.4, 0.5) is 8.78 Å². The lowest BCUT2D eigenvalue weighted by molar-refractivity contribution is -0.0976. The predicted octanol–water partition coefficient (Wildman–Crippen LogP) is 2.37. The van der Waals surface area contributed by atoms with Gasteiger partial charge in [0.1, 0.15) is 23.7 Å². The van der Waals surface area contributed by atoms with Gasteiger partial charge in [-0.05, 0) is 12.1 Å². The van der Waals surface area contributed by atoms with Gasteiger partial charge in [0.05, 0.1) is 16.7 Å². The molecule has 2 aromatic rings. The number of rotatable bonds is 3. The summed E-state index contributed by atoms with van der Waals surface area (Å²) in [5, 5.41) is 18.8. The highest BCUT2D eigenvalue weighted by molar-refractivity contribution is 7.90. The molecule has 1 atom stereocenters. The van der Waals surface area contributed by atoms with Crippen molar-refractivity contribution in [2.75, 3.05) is 6.26 Å². The first-order valence-electron chi connectivity index (χ1n) is 7.08. The Morgan fingerprint density at radius 1 is 1.40 bits per heavy atom. The first kappa shape index (κ1) is 17.3. The van der Waals surface area contributed by atoms with E-state index in [1.807, 2.05) is 6.07 Å². The van der Waals surface area contributed by atoms with E-state index >= 15 is 0 Å². The van der Waals surface area contributed by atoms with Gasteiger partial charge >= 0.3 is 0 Å². The third-order valence-electron chi connectivity index (χ3n) is 3.83. The molecule has 1 aliphatic carbocycles. The number of halogens is 2. The fourth-order valence-corrected chi connectivity index (χ4v) is 3.68. The average molecular weight is 366 g/mol. The van der Waals surface area contributed by atoms with Crippen LogP contribution in [0, 0.1) is 11.3 Å². The molecule has 0 amide bonds. The van der Waals surface area contributed by atoms with E-state index in [0.717, 1.165) is 12.3 Å². The number of benzene rings is 1. The number of sulfone groups is 1. The zero-order valence-electron chi connectivity index (χ0n) is 12.9. The number of aliphatic hydroxyl groups is 1. The SMILES string of the molecule is CS(=O)(=O)c1ccc(Oc2cncc(C#N)c2)c2c1C(O)C(F)(F)C2. The van der Waals surface area contributed by atoms with Gasteiger partial charge in [-0.15, -0.1) is 0 Å². The molecular weight excluding hydrogens is 354 g/mol. The van der Waals surface area contributed by atoms with Gasteiger partial charge in [-0.1, -0.05) is 0 Å². The molecule has 25 heavy (non-hydrogen) atoms. The molecule has 0 saturated carbocycles. The van der Waals surface area contributed by atoms with Crippen molar-refractivity contribution in [2.45, 2.75) is 23.3 Å². The lowest BCUT2D eigenvalue weighted by Gasteiger charge is -2.15. The average Bonchev–Trinajstić information content (AvgIpc) is 2.78. The number of aliphatic hydroxyl groups excluding tert-OH is 1. The summed E-state index contributed by atoms with van der Waals surface area (Å²) in [6.07, 6.45) is 0.392. The number of nitrogens with zero attached hydrogens (tertiary/aromatic N) is 2. The van der Waals surface area contributed by atoms with Crippen LogP contribution in [-0.4, -0.2) is 30.7 Å². The van der Waals surface area contributed by atoms with Gasteiger partial charge in [-0.25, -0.2) is 17.2 Å². The van der Waals surface area contributed by atoms with Crippen LogP contribution in [0.5, 0.6) is 11.5 Å². The Bertz CT molecular complexity index is 1000. The van der Waals surface area contributed by atoms with Crippen molar-refractivity contribution in [1.82, 2.24) is 4.98 Å². The van der Waals surface area contributed by atoms with Crippen molar-refractivity contribution >= 4 is 9.84 Å². The Morgan fingerprint density at radius 2 is 2.12 bits per heavy atom. The van der Waals surface area contributed by atoms with Crippen LogP contribution in [0.1, 0.15) is 22.8 Å². The van der Waals surface area contributed by atoms with Crippen LogP contribution in [-0.2, 0) is 16.3 Å². The van der Waals surface area contributed by atoms with Crippen LogP contribution in [0.2, 0.25) is 0 Å². The van der Waals surface area contributed by atoms with E-state index in [9.17, 15) is 22.3 Å². The highest BCUT2D eigenvalue weighted by Gasteiger charge is 2.50. The minimum atomic E-state index is -3.82. The number of hydrogen-bond acceptors (Lipinski definition) is 6. The van der Waals surface area contributed by atoms with Gasteiger partial charge in [-0.3, -0.25) is 4.98 Å². The van der Waals surface area contributed by atoms with Crippen molar-refractivity contribution in [3.8, 4) is 17.6 Å². The summed E-state index contributed by atoms with van der Waals surface area (Å²) in [6, 6.07) is 5.61. The number of alkyl halides is 2. The minimum absolute atomic E-state index is 0.0180. The number of nitriles is 1. The normalized spacial score (nSPS) is 18.4. The van der Waals surface area contributed by atoms with Crippen LogP contribution < -0.4 is 4.74 Å². The maximum Gasteiger partial charge on any atom is 0.281 e. The molecule has 1 aromatic heterocycles. The lowest BCUT2D eigenvalue weighted by atomic mass is 10.1. The smallest absolute Gasteiger partial charge is 0.281 e. The summed E-state index contributed by atoms with van der Waals surface area (Å²) >= 11 is 0. The monoisotopic (exact) mass is 366 g/mol. The number of pyridine rings is 1. The number of fused-ring (bicyclic) bond motifs is 1. The van der Waals surface area contributed by atoms with E-state index in [0.29, 0.717) is 0 Å². The topological polar surface area (TPSA) is 100 Å². The van der Waals surface area contributed by atoms with E-state index in [4.69, 9.17) is 10.00 Å². The third kappa shape index (κ3) is 3.06. The summed E-state index contributed by atoms with van der Waals surface area (Å²) in [5.74, 6) is -3.39. The van der Waals surface area contributed by atoms with Gasteiger partial charge in [0.15, 0.2) is 9.84 Å². The molecule has 1 aromatic carbocycles. The molecule has 0 radical (unpaired) electrons. The Labute approximate surface area is 142 Å². The molecule has 0 bridgehead atoms. The van der Waals surface area contributed by atoms with Crippen molar-refractivity contribution in [1.29, 1.82) is 5.26 Å². The Balaban J connectivity index is 2.13. The van der Waals surface area contributed by atoms with Gasteiger partial charge in [0, 0.05) is 36.1 Å². The van der Waals surface area contributed by atoms with Crippen LogP contribution >= 0.6 is 0 Å². The fourth-order valence-electron chi connectivity index (χ4n) is 2.73. The maximum atomic E-state index is 14.0. The molecule has 1 unspecified atom stereocenters. The molecule has 1 aliphatic rings. The van der Waals surface area contributed by atoms with E-state index < -0.39 is 28.3 Å². The van der Waals surface area contributed by atoms with Crippen LogP contribution in [0.15, 0.2) is 35.5 Å². The van der Waals surface area contributed by atoms with Gasteiger partial charge in [0.25, 0.3) is 5.92 Å². The molecule has 1 heterocycles. The van der Waals surface area contributed by atoms with Crippen molar-refractivity contribution in [2.24, 2.45) is 0 Å². The molecule has 9 heteroatoms. The molecule has 0 aliphatic heterocycles. The Hall–Kier alpha value is -2.57.